The highest BCUT2D eigenvalue weighted by Crippen LogP contribution is 2.30. The summed E-state index contributed by atoms with van der Waals surface area (Å²) in [5.41, 5.74) is 41.5. The zero-order valence-electron chi connectivity index (χ0n) is 85.8. The number of guanidine groups is 5. The lowest BCUT2D eigenvalue weighted by Crippen LogP contribution is -2.61. The topological polar surface area (TPSA) is 862 Å². The molecule has 14 atom stereocenters. The highest BCUT2D eigenvalue weighted by atomic mass is 32.2. The maximum atomic E-state index is 15.5. The minimum atomic E-state index is -1.77. The van der Waals surface area contributed by atoms with Gasteiger partial charge < -0.3 is 160 Å². The zero-order valence-corrected chi connectivity index (χ0v) is 88.2. The second-order valence-corrected chi connectivity index (χ2v) is 42.3. The number of H-pyrrole nitrogens is 1. The number of benzene rings is 1. The Hall–Kier alpha value is -13.4. The van der Waals surface area contributed by atoms with Gasteiger partial charge in [0, 0.05) is 123 Å². The maximum Gasteiger partial charge on any atom is 0.326 e. The molecule has 5 fully saturated rings. The van der Waals surface area contributed by atoms with E-state index in [1.54, 1.807) is 58.2 Å². The van der Waals surface area contributed by atoms with Crippen molar-refractivity contribution in [1.82, 2.24) is 115 Å². The summed E-state index contributed by atoms with van der Waals surface area (Å²) in [6.07, 6.45) is 3.28. The van der Waals surface area contributed by atoms with Crippen LogP contribution in [0.25, 0.3) is 10.9 Å². The van der Waals surface area contributed by atoms with Crippen LogP contribution in [0.5, 0.6) is 0 Å². The van der Waals surface area contributed by atoms with E-state index >= 15 is 67.1 Å². The lowest BCUT2D eigenvalue weighted by molar-refractivity contribution is -0.158. The third-order valence-corrected chi connectivity index (χ3v) is 29.0. The molecule has 0 spiro atoms. The van der Waals surface area contributed by atoms with E-state index in [0.717, 1.165) is 67.4 Å². The SMILES string of the molecule is CC(C)C[C@@H]1NC(=O)[C@H](CCC(N)=O)NC(=O)[C@H](CCCNC(=N)N)NC(=O)[C@@H]2CSCCC(=O)N3CN(CN(C3)C(=O)CCSC[C@H](NC(=O)[C@@H](N)CCCNC(=N)N)C(=O)N[C@@H](CCC3CCCCC3)C(=O)N[C@@H](CCCNC(=N)N)C(=O)N[C@@H](CC(C)C)C(=O)N3CCC[C@H]3C(=O)N2)C(=O)CCSC[C@@H](C(=O)N[C@@H](CCCNC(=N)N)C(=O)N[C@@H](Cc2c[nH]c3ccccc23)C(=O)O)NC(=O)[C@H](CCCNC(=N)N)NC1=O. The number of hydrogen-bond donors (Lipinski definition) is 31. The van der Waals surface area contributed by atoms with Crippen molar-refractivity contribution in [3.63, 3.8) is 0 Å². The molecule has 7 rings (SSSR count). The third kappa shape index (κ3) is 43.6. The van der Waals surface area contributed by atoms with E-state index < -0.39 is 272 Å². The number of nitrogens with two attached hydrogens (primary N) is 7. The first kappa shape index (κ1) is 123. The molecular formula is C94H156N34O19S3. The Labute approximate surface area is 884 Å². The van der Waals surface area contributed by atoms with Crippen molar-refractivity contribution in [2.24, 2.45) is 57.9 Å². The Bertz CT molecular complexity index is 5000. The van der Waals surface area contributed by atoms with Gasteiger partial charge >= 0.3 is 5.97 Å². The molecule has 150 heavy (non-hydrogen) atoms. The summed E-state index contributed by atoms with van der Waals surface area (Å²) in [4.78, 5) is 277. The molecule has 17 amide bonds. The fourth-order valence-electron chi connectivity index (χ4n) is 17.8. The van der Waals surface area contributed by atoms with Gasteiger partial charge in [0.25, 0.3) is 0 Å². The number of carboxylic acids is 1. The van der Waals surface area contributed by atoms with Crippen LogP contribution >= 0.6 is 35.3 Å². The quantitative estimate of drug-likeness (QED) is 0.0169. The van der Waals surface area contributed by atoms with Gasteiger partial charge in [-0.15, -0.1) is 0 Å². The van der Waals surface area contributed by atoms with Crippen LogP contribution in [0.1, 0.15) is 200 Å². The highest BCUT2D eigenvalue weighted by Gasteiger charge is 2.44. The van der Waals surface area contributed by atoms with Gasteiger partial charge in [-0.2, -0.15) is 35.3 Å². The van der Waals surface area contributed by atoms with E-state index in [2.05, 4.69) is 95.4 Å². The number of para-hydroxylation sites is 1. The molecule has 53 nitrogen and oxygen atoms in total. The minimum Gasteiger partial charge on any atom is -0.480 e. The second-order valence-electron chi connectivity index (χ2n) is 38.9. The number of carboxylic acid groups (broad SMARTS) is 1. The van der Waals surface area contributed by atoms with Gasteiger partial charge in [-0.3, -0.25) is 109 Å². The van der Waals surface area contributed by atoms with Crippen LogP contribution in [-0.2, 0) is 92.7 Å². The number of primary amides is 1. The number of nitrogens with zero attached hydrogens (tertiary/aromatic N) is 4. The largest absolute Gasteiger partial charge is 0.480 e. The Balaban J connectivity index is 1.38. The molecule has 1 aromatic carbocycles. The number of thioether (sulfide) groups is 3. The van der Waals surface area contributed by atoms with E-state index in [0.29, 0.717) is 22.9 Å². The molecule has 4 bridgehead atoms. The lowest BCUT2D eigenvalue weighted by atomic mass is 9.85. The third-order valence-electron chi connectivity index (χ3n) is 25.8. The summed E-state index contributed by atoms with van der Waals surface area (Å²) in [6.45, 7) is 5.56. The van der Waals surface area contributed by atoms with Crippen LogP contribution in [0.4, 0.5) is 0 Å². The van der Waals surface area contributed by atoms with Crippen molar-refractivity contribution in [3.05, 3.63) is 36.0 Å². The first-order valence-corrected chi connectivity index (χ1v) is 54.5. The summed E-state index contributed by atoms with van der Waals surface area (Å²) < 4.78 is 0. The Kier molecular flexibility index (Phi) is 52.9. The number of aliphatic carboxylic acids is 1. The van der Waals surface area contributed by atoms with Crippen LogP contribution in [0.2, 0.25) is 0 Å². The summed E-state index contributed by atoms with van der Waals surface area (Å²) in [5.74, 6) is -21.0. The van der Waals surface area contributed by atoms with Crippen molar-refractivity contribution in [2.45, 2.75) is 286 Å². The van der Waals surface area contributed by atoms with Gasteiger partial charge in [0.05, 0.1) is 26.0 Å². The molecule has 38 N–H and O–H groups in total. The standard InChI is InChI=1S/C94H156N34O19S3/c1-52(2)42-65-83(140)114-62(24-14-37-111-94(105)106)80(137)123-69(85(142)116-61(23-13-36-110-93(103)104)79(136)121-67(89(146)147)44-55-45-112-58-20-9-8-18-56(55)58)47-149-40-31-74(131)126-49-125-50-127(51-126)75(132)32-41-150-48-70(86(143)115-59(21-11-34-108-91(99)100)77(134)117-64(82(139)119-65)28-29-72(96)129)124-87(144)71-25-15-38-128(71)88(145)66(43-53(3)4)120-78(135)60(22-12-35-109-92(101)102)113-81(138)63(27-26-54-16-6-5-7-17-54)118-84(141)68(46-148-39-30-73(125)130)122-76(133)57(95)19-10-33-107-90(97)98/h8-9,18,20,45,52-54,57,59-71,112H,5-7,10-17,19,21-44,46-51,95H2,1-4H3,(H2,96,129)(H,113,138)(H,114,140)(H,115,143)(H,116,142)(H,117,134)(H,118,141)(H,119,139)(H,120,135)(H,121,136)(H,122,133)(H,123,137)(H,124,144)(H,146,147)(H4,97,98,107)(H4,99,100,108)(H4,101,102,109)(H4,103,104,110)(H4,105,106,111)/t57-,59-,60-,61-,62-,63-,64-,65-,66-,67-,68-,69-,70-,71-/m0/s1. The van der Waals surface area contributed by atoms with Gasteiger partial charge in [-0.1, -0.05) is 78.0 Å². The molecule has 1 aliphatic carbocycles. The van der Waals surface area contributed by atoms with Gasteiger partial charge in [-0.25, -0.2) is 4.79 Å². The summed E-state index contributed by atoms with van der Waals surface area (Å²) in [7, 11) is 0. The summed E-state index contributed by atoms with van der Waals surface area (Å²) in [5, 5.41) is 96.2. The first-order valence-electron chi connectivity index (χ1n) is 51.1. The van der Waals surface area contributed by atoms with Gasteiger partial charge in [0.2, 0.25) is 100 Å². The molecule has 4 aliphatic heterocycles. The smallest absolute Gasteiger partial charge is 0.326 e. The molecule has 4 saturated heterocycles. The first-order chi connectivity index (χ1) is 71.3. The second kappa shape index (κ2) is 64.2. The number of aromatic nitrogens is 1. The van der Waals surface area contributed by atoms with E-state index in [9.17, 15) is 24.3 Å². The zero-order chi connectivity index (χ0) is 110. The molecule has 834 valence electrons. The molecule has 0 radical (unpaired) electrons. The average molecular weight is 2160 g/mol. The molecule has 56 heteroatoms. The van der Waals surface area contributed by atoms with Crippen molar-refractivity contribution in [2.75, 3.05) is 93.8 Å². The van der Waals surface area contributed by atoms with E-state index in [1.165, 1.54) is 19.6 Å². The Morgan fingerprint density at radius 2 is 0.893 bits per heavy atom. The van der Waals surface area contributed by atoms with Crippen LogP contribution in [0.3, 0.4) is 0 Å². The fraction of sp³-hybridized carbons (Fsp3) is 0.670. The monoisotopic (exact) mass is 2160 g/mol. The fourth-order valence-corrected chi connectivity index (χ4v) is 20.7. The summed E-state index contributed by atoms with van der Waals surface area (Å²) >= 11 is 2.91. The van der Waals surface area contributed by atoms with Crippen molar-refractivity contribution in [1.29, 1.82) is 27.0 Å². The average Bonchev–Trinajstić information content (AvgIpc) is 1.83. The molecule has 5 heterocycles. The lowest BCUT2D eigenvalue weighted by Gasteiger charge is -2.42. The van der Waals surface area contributed by atoms with Crippen LogP contribution in [-0.4, -0.2) is 344 Å². The van der Waals surface area contributed by atoms with Crippen LogP contribution < -0.4 is 131 Å². The van der Waals surface area contributed by atoms with Crippen molar-refractivity contribution in [3.8, 4) is 0 Å². The molecule has 2 aromatic rings. The number of fused-ring (bicyclic) bond motifs is 9. The molecule has 5 aliphatic rings. The van der Waals surface area contributed by atoms with Gasteiger partial charge in [0.15, 0.2) is 29.8 Å². The number of aromatic amines is 1. The molecular weight excluding hydrogens is 2010 g/mol. The van der Waals surface area contributed by atoms with Gasteiger partial charge in [-0.05, 0) is 139 Å². The summed E-state index contributed by atoms with van der Waals surface area (Å²) in [6, 6.07) is -14.7. The predicted molar refractivity (Wildman–Crippen MR) is 565 cm³/mol. The number of carbonyl (C=O) groups excluding carboxylic acids is 17. The number of amides is 17. The minimum absolute atomic E-state index is 0.00425. The van der Waals surface area contributed by atoms with Crippen LogP contribution in [0, 0.1) is 44.8 Å². The van der Waals surface area contributed by atoms with Gasteiger partial charge in [0.1, 0.15) is 78.5 Å². The van der Waals surface area contributed by atoms with Crippen molar-refractivity contribution < 1.29 is 91.4 Å². The predicted octanol–water partition coefficient (Wildman–Crippen LogP) is -5.27. The highest BCUT2D eigenvalue weighted by molar-refractivity contribution is 7.99. The number of hydrogen-bond acceptors (Lipinski definition) is 27. The van der Waals surface area contributed by atoms with E-state index in [4.69, 9.17) is 67.2 Å². The van der Waals surface area contributed by atoms with Crippen LogP contribution in [0.15, 0.2) is 30.5 Å². The normalized spacial score (nSPS) is 23.0. The van der Waals surface area contributed by atoms with E-state index in [-0.39, 0.29) is 196 Å². The Morgan fingerprint density at radius 1 is 0.453 bits per heavy atom. The number of nitrogens with one attached hydrogen (secondary N) is 23. The van der Waals surface area contributed by atoms with Crippen molar-refractivity contribution >= 4 is 182 Å². The van der Waals surface area contributed by atoms with E-state index in [1.807, 2.05) is 0 Å². The number of rotatable bonds is 39. The Morgan fingerprint density at radius 3 is 1.40 bits per heavy atom. The molecule has 1 saturated carbocycles. The maximum absolute atomic E-state index is 15.5. The molecule has 1 aromatic heterocycles. The number of carbonyl (C=O) groups is 18. The molecule has 0 unspecified atom stereocenters.